The Hall–Kier alpha value is -2.98. The van der Waals surface area contributed by atoms with Gasteiger partial charge in [-0.05, 0) is 49.2 Å². The number of nitriles is 1. The molecule has 1 aliphatic rings. The maximum Gasteiger partial charge on any atom is 0.321 e. The van der Waals surface area contributed by atoms with Crippen LogP contribution in [0.4, 0.5) is 10.5 Å². The Bertz CT molecular complexity index is 877. The zero-order valence-electron chi connectivity index (χ0n) is 14.6. The zero-order chi connectivity index (χ0) is 19.2. The van der Waals surface area contributed by atoms with Crippen LogP contribution in [0.5, 0.6) is 0 Å². The second-order valence-corrected chi connectivity index (χ2v) is 7.40. The van der Waals surface area contributed by atoms with E-state index in [2.05, 4.69) is 11.4 Å². The Morgan fingerprint density at radius 3 is 2.63 bits per heavy atom. The summed E-state index contributed by atoms with van der Waals surface area (Å²) in [5.74, 6) is -1.35. The first-order valence-electron chi connectivity index (χ1n) is 8.62. The van der Waals surface area contributed by atoms with Gasteiger partial charge in [0.05, 0.1) is 11.5 Å². The third kappa shape index (κ3) is 4.80. The molecule has 1 unspecified atom stereocenters. The fourth-order valence-electron chi connectivity index (χ4n) is 2.95. The number of hydrogen-bond acceptors (Lipinski definition) is 4. The van der Waals surface area contributed by atoms with Crippen LogP contribution in [0, 0.1) is 17.2 Å². The van der Waals surface area contributed by atoms with Gasteiger partial charge in [-0.25, -0.2) is 4.79 Å². The molecule has 2 aromatic rings. The lowest BCUT2D eigenvalue weighted by Crippen LogP contribution is -2.44. The smallest absolute Gasteiger partial charge is 0.321 e. The second-order valence-electron chi connectivity index (χ2n) is 6.29. The summed E-state index contributed by atoms with van der Waals surface area (Å²) >= 11 is 1.49. The van der Waals surface area contributed by atoms with E-state index in [0.29, 0.717) is 30.6 Å². The highest BCUT2D eigenvalue weighted by Gasteiger charge is 2.28. The van der Waals surface area contributed by atoms with Crippen LogP contribution in [0.25, 0.3) is 0 Å². The van der Waals surface area contributed by atoms with Crippen LogP contribution in [0.3, 0.4) is 0 Å². The first kappa shape index (κ1) is 18.8. The van der Waals surface area contributed by atoms with E-state index in [0.717, 1.165) is 9.79 Å². The van der Waals surface area contributed by atoms with Crippen molar-refractivity contribution in [2.45, 2.75) is 22.6 Å². The topological polar surface area (TPSA) is 93.4 Å². The van der Waals surface area contributed by atoms with Crippen molar-refractivity contribution >= 4 is 29.4 Å². The third-order valence-corrected chi connectivity index (χ3v) is 5.48. The number of carboxylic acids is 1. The predicted octanol–water partition coefficient (Wildman–Crippen LogP) is 4.04. The molecule has 0 radical (unpaired) electrons. The van der Waals surface area contributed by atoms with Crippen molar-refractivity contribution in [3.8, 4) is 6.07 Å². The molecule has 1 heterocycles. The Morgan fingerprint density at radius 2 is 1.93 bits per heavy atom. The van der Waals surface area contributed by atoms with Gasteiger partial charge in [0.1, 0.15) is 6.07 Å². The van der Waals surface area contributed by atoms with Gasteiger partial charge in [0, 0.05) is 28.6 Å². The van der Waals surface area contributed by atoms with Crippen molar-refractivity contribution in [1.29, 1.82) is 5.26 Å². The molecule has 27 heavy (non-hydrogen) atoms. The number of nitrogens with one attached hydrogen (secondary N) is 1. The van der Waals surface area contributed by atoms with E-state index in [1.165, 1.54) is 11.8 Å². The number of benzene rings is 2. The Balaban J connectivity index is 1.61. The molecule has 2 N–H and O–H groups in total. The first-order chi connectivity index (χ1) is 13.1. The van der Waals surface area contributed by atoms with E-state index in [4.69, 9.17) is 10.4 Å². The van der Waals surface area contributed by atoms with Crippen molar-refractivity contribution in [3.05, 3.63) is 54.1 Å². The average Bonchev–Trinajstić information content (AvgIpc) is 2.70. The summed E-state index contributed by atoms with van der Waals surface area (Å²) in [7, 11) is 0. The molecule has 1 atom stereocenters. The summed E-state index contributed by atoms with van der Waals surface area (Å²) in [4.78, 5) is 26.9. The molecule has 0 spiro atoms. The molecular formula is C20H19N3O3S. The monoisotopic (exact) mass is 381 g/mol. The van der Waals surface area contributed by atoms with Gasteiger partial charge in [-0.3, -0.25) is 4.79 Å². The molecule has 2 aromatic carbocycles. The molecule has 3 rings (SSSR count). The first-order valence-corrected chi connectivity index (χ1v) is 9.44. The molecule has 6 nitrogen and oxygen atoms in total. The normalized spacial score (nSPS) is 16.4. The molecule has 1 aliphatic heterocycles. The molecule has 0 saturated carbocycles. The predicted molar refractivity (Wildman–Crippen MR) is 103 cm³/mol. The summed E-state index contributed by atoms with van der Waals surface area (Å²) in [6.45, 7) is 0.800. The van der Waals surface area contributed by atoms with E-state index in [1.807, 2.05) is 30.3 Å². The maximum absolute atomic E-state index is 12.4. The molecule has 0 bridgehead atoms. The van der Waals surface area contributed by atoms with Gasteiger partial charge in [-0.2, -0.15) is 5.26 Å². The Labute approximate surface area is 161 Å². The standard InChI is InChI=1S/C20H19N3O3S/c21-12-14-4-1-2-6-18(14)27-17-9-7-16(8-10-17)22-20(26)23-11-3-5-15(13-23)19(24)25/h1-2,4,6-10,15H,3,5,11,13H2,(H,22,26)(H,24,25). The minimum Gasteiger partial charge on any atom is -0.481 e. The quantitative estimate of drug-likeness (QED) is 0.834. The number of likely N-dealkylation sites (tertiary alicyclic amines) is 1. The summed E-state index contributed by atoms with van der Waals surface area (Å²) in [6.07, 6.45) is 1.30. The number of nitrogens with zero attached hydrogens (tertiary/aromatic N) is 2. The third-order valence-electron chi connectivity index (χ3n) is 4.40. The number of piperidine rings is 1. The van der Waals surface area contributed by atoms with Crippen LogP contribution in [-0.2, 0) is 4.79 Å². The number of rotatable bonds is 4. The molecule has 1 saturated heterocycles. The number of aliphatic carboxylic acids is 1. The molecule has 7 heteroatoms. The van der Waals surface area contributed by atoms with E-state index >= 15 is 0 Å². The van der Waals surface area contributed by atoms with E-state index in [9.17, 15) is 9.59 Å². The SMILES string of the molecule is N#Cc1ccccc1Sc1ccc(NC(=O)N2CCCC(C(=O)O)C2)cc1. The van der Waals surface area contributed by atoms with Gasteiger partial charge in [0.15, 0.2) is 0 Å². The van der Waals surface area contributed by atoms with Gasteiger partial charge in [-0.1, -0.05) is 23.9 Å². The van der Waals surface area contributed by atoms with Crippen LogP contribution in [0.1, 0.15) is 18.4 Å². The molecule has 0 aromatic heterocycles. The van der Waals surface area contributed by atoms with Crippen LogP contribution in [0.2, 0.25) is 0 Å². The lowest BCUT2D eigenvalue weighted by molar-refractivity contribution is -0.143. The summed E-state index contributed by atoms with van der Waals surface area (Å²) < 4.78 is 0. The lowest BCUT2D eigenvalue weighted by Gasteiger charge is -2.30. The summed E-state index contributed by atoms with van der Waals surface area (Å²) in [6, 6.07) is 16.6. The van der Waals surface area contributed by atoms with E-state index in [1.54, 1.807) is 23.1 Å². The molecule has 2 amide bonds. The number of amides is 2. The summed E-state index contributed by atoms with van der Waals surface area (Å²) in [5.41, 5.74) is 1.27. The average molecular weight is 381 g/mol. The zero-order valence-corrected chi connectivity index (χ0v) is 15.4. The van der Waals surface area contributed by atoms with Crippen molar-refractivity contribution in [2.24, 2.45) is 5.92 Å². The lowest BCUT2D eigenvalue weighted by atomic mass is 9.99. The van der Waals surface area contributed by atoms with Crippen LogP contribution in [0.15, 0.2) is 58.3 Å². The second kappa shape index (κ2) is 8.60. The maximum atomic E-state index is 12.4. The van der Waals surface area contributed by atoms with Crippen molar-refractivity contribution in [1.82, 2.24) is 4.90 Å². The van der Waals surface area contributed by atoms with Crippen molar-refractivity contribution in [2.75, 3.05) is 18.4 Å². The Morgan fingerprint density at radius 1 is 1.19 bits per heavy atom. The number of urea groups is 1. The van der Waals surface area contributed by atoms with Gasteiger partial charge in [0.25, 0.3) is 0 Å². The van der Waals surface area contributed by atoms with E-state index in [-0.39, 0.29) is 12.6 Å². The van der Waals surface area contributed by atoms with Gasteiger partial charge in [0.2, 0.25) is 0 Å². The van der Waals surface area contributed by atoms with Crippen LogP contribution >= 0.6 is 11.8 Å². The highest BCUT2D eigenvalue weighted by molar-refractivity contribution is 7.99. The molecule has 138 valence electrons. The highest BCUT2D eigenvalue weighted by atomic mass is 32.2. The highest BCUT2D eigenvalue weighted by Crippen LogP contribution is 2.31. The van der Waals surface area contributed by atoms with Crippen molar-refractivity contribution in [3.63, 3.8) is 0 Å². The fourth-order valence-corrected chi connectivity index (χ4v) is 3.84. The van der Waals surface area contributed by atoms with Crippen molar-refractivity contribution < 1.29 is 14.7 Å². The molecular weight excluding hydrogens is 362 g/mol. The van der Waals surface area contributed by atoms with Crippen LogP contribution < -0.4 is 5.32 Å². The largest absolute Gasteiger partial charge is 0.481 e. The van der Waals surface area contributed by atoms with Gasteiger partial charge in [-0.15, -0.1) is 0 Å². The molecule has 0 aliphatic carbocycles. The molecule has 1 fully saturated rings. The minimum absolute atomic E-state index is 0.236. The number of hydrogen-bond donors (Lipinski definition) is 2. The number of carbonyl (C=O) groups is 2. The number of carbonyl (C=O) groups excluding carboxylic acids is 1. The fraction of sp³-hybridized carbons (Fsp3) is 0.250. The van der Waals surface area contributed by atoms with E-state index < -0.39 is 11.9 Å². The Kier molecular flexibility index (Phi) is 5.99. The summed E-state index contributed by atoms with van der Waals surface area (Å²) in [5, 5.41) is 21.1. The van der Waals surface area contributed by atoms with Gasteiger partial charge >= 0.3 is 12.0 Å². The van der Waals surface area contributed by atoms with Crippen LogP contribution in [-0.4, -0.2) is 35.1 Å². The van der Waals surface area contributed by atoms with Gasteiger partial charge < -0.3 is 15.3 Å². The number of carboxylic acid groups (broad SMARTS) is 1. The minimum atomic E-state index is -0.855. The number of anilines is 1.